The molecule has 2 rings (SSSR count). The van der Waals surface area contributed by atoms with Crippen LogP contribution in [0.4, 0.5) is 5.69 Å². The van der Waals surface area contributed by atoms with Crippen LogP contribution in [-0.4, -0.2) is 12.8 Å². The minimum Gasteiger partial charge on any atom is -0.656 e. The van der Waals surface area contributed by atoms with Crippen LogP contribution in [0.1, 0.15) is 76.3 Å². The Labute approximate surface area is 182 Å². The molecule has 0 unspecified atom stereocenters. The van der Waals surface area contributed by atoms with Crippen LogP contribution in [0.3, 0.4) is 0 Å². The van der Waals surface area contributed by atoms with Gasteiger partial charge in [0.2, 0.25) is 0 Å². The molecule has 0 N–H and O–H groups in total. The molecule has 0 atom stereocenters. The fraction of sp³-hybridized carbons (Fsp3) is 0.478. The molecule has 0 aromatic heterocycles. The van der Waals surface area contributed by atoms with Gasteiger partial charge in [-0.3, -0.25) is 4.99 Å². The number of hydrogen-bond acceptors (Lipinski definition) is 1. The molecule has 0 bridgehead atoms. The average Bonchev–Trinajstić information content (AvgIpc) is 2.72. The van der Waals surface area contributed by atoms with E-state index in [-0.39, 0.29) is 48.1 Å². The third kappa shape index (κ3) is 7.50. The van der Waals surface area contributed by atoms with Crippen LogP contribution in [0, 0.1) is 22.3 Å². The molecule has 144 valence electrons. The van der Waals surface area contributed by atoms with Crippen LogP contribution < -0.4 is 0 Å². The van der Waals surface area contributed by atoms with Crippen molar-refractivity contribution in [2.45, 2.75) is 65.2 Å². The maximum absolute atomic E-state index is 5.10. The Morgan fingerprint density at radius 2 is 1.46 bits per heavy atom. The Morgan fingerprint density at radius 1 is 0.923 bits per heavy atom. The first-order valence-electron chi connectivity index (χ1n) is 8.55. The summed E-state index contributed by atoms with van der Waals surface area (Å²) < 4.78 is 0. The van der Waals surface area contributed by atoms with Gasteiger partial charge in [-0.2, -0.15) is 0 Å². The largest absolute Gasteiger partial charge is 4.00 e. The Hall–Kier alpha value is -0.700. The monoisotopic (exact) mass is 522 g/mol. The summed E-state index contributed by atoms with van der Waals surface area (Å²) in [6.45, 7) is 8.98. The number of nitrogens with zero attached hydrogens (tertiary/aromatic N) is 2. The van der Waals surface area contributed by atoms with Gasteiger partial charge in [0.25, 0.3) is 0 Å². The van der Waals surface area contributed by atoms with E-state index in [4.69, 9.17) is 5.32 Å². The van der Waals surface area contributed by atoms with Crippen LogP contribution in [0.2, 0.25) is 0 Å². The zero-order valence-electron chi connectivity index (χ0n) is 18.2. The maximum atomic E-state index is 5.10. The van der Waals surface area contributed by atoms with Gasteiger partial charge >= 0.3 is 25.8 Å². The van der Waals surface area contributed by atoms with Gasteiger partial charge in [-0.25, -0.2) is 0 Å². The van der Waals surface area contributed by atoms with Crippen molar-refractivity contribution in [3.8, 4) is 0 Å². The zero-order valence-corrected chi connectivity index (χ0v) is 21.8. The first-order valence-corrected chi connectivity index (χ1v) is 8.55. The molecule has 0 saturated carbocycles. The molecule has 0 amide bonds. The smallest absolute Gasteiger partial charge is 0.656 e. The van der Waals surface area contributed by atoms with E-state index in [0.29, 0.717) is 11.8 Å². The molecule has 1 aromatic rings. The van der Waals surface area contributed by atoms with Gasteiger partial charge in [0, 0.05) is 12.8 Å². The molecule has 0 radical (unpaired) electrons. The van der Waals surface area contributed by atoms with Crippen molar-refractivity contribution in [1.82, 2.24) is 0 Å². The van der Waals surface area contributed by atoms with Gasteiger partial charge < -0.3 is 27.6 Å². The van der Waals surface area contributed by atoms with Crippen LogP contribution >= 0.6 is 0 Å². The molecule has 0 saturated heterocycles. The van der Waals surface area contributed by atoms with Crippen LogP contribution in [0.25, 0.3) is 5.32 Å². The molecule has 0 spiro atoms. The Balaban J connectivity index is -0.00000132. The van der Waals surface area contributed by atoms with E-state index in [2.05, 4.69) is 57.0 Å². The van der Waals surface area contributed by atoms with E-state index in [1.165, 1.54) is 29.7 Å². The first kappa shape index (κ1) is 30.0. The number of benzene rings is 1. The predicted octanol–water partition coefficient (Wildman–Crippen LogP) is 7.82. The predicted molar refractivity (Wildman–Crippen MR) is 117 cm³/mol. The SMILES string of the molecule is CN=C1CCCCC=C1[N-]c1c(C(C)C)cccc1C(C)C.[CH3-].[CH3-].[CH3-].[Hf+4]. The van der Waals surface area contributed by atoms with Crippen molar-refractivity contribution in [3.05, 3.63) is 68.7 Å². The summed E-state index contributed by atoms with van der Waals surface area (Å²) >= 11 is 0. The molecule has 26 heavy (non-hydrogen) atoms. The average molecular weight is 521 g/mol. The molecular weight excluding hydrogens is 483 g/mol. The van der Waals surface area contributed by atoms with E-state index < -0.39 is 0 Å². The van der Waals surface area contributed by atoms with Crippen LogP contribution in [0.5, 0.6) is 0 Å². The van der Waals surface area contributed by atoms with E-state index in [9.17, 15) is 0 Å². The normalized spacial score (nSPS) is 15.0. The number of allylic oxidation sites excluding steroid dienone is 2. The quantitative estimate of drug-likeness (QED) is 0.286. The molecular formula is C23H38HfN2. The number of hydrogen-bond donors (Lipinski definition) is 0. The summed E-state index contributed by atoms with van der Waals surface area (Å²) in [6, 6.07) is 6.60. The molecule has 1 aliphatic rings. The summed E-state index contributed by atoms with van der Waals surface area (Å²) in [5, 5.41) is 5.10. The Kier molecular flexibility index (Phi) is 16.6. The second-order valence-electron chi connectivity index (χ2n) is 6.71. The van der Waals surface area contributed by atoms with Crippen molar-refractivity contribution < 1.29 is 25.8 Å². The molecule has 0 aliphatic heterocycles. The topological polar surface area (TPSA) is 26.5 Å². The second kappa shape index (κ2) is 14.4. The van der Waals surface area contributed by atoms with Gasteiger partial charge in [-0.1, -0.05) is 63.1 Å². The van der Waals surface area contributed by atoms with Gasteiger partial charge in [-0.05, 0) is 37.5 Å². The van der Waals surface area contributed by atoms with Gasteiger partial charge in [0.05, 0.1) is 0 Å². The van der Waals surface area contributed by atoms with Crippen LogP contribution in [-0.2, 0) is 25.8 Å². The number of aliphatic imine (C=N–C) groups is 1. The number of para-hydroxylation sites is 1. The van der Waals surface area contributed by atoms with Crippen molar-refractivity contribution in [1.29, 1.82) is 0 Å². The molecule has 1 aromatic carbocycles. The summed E-state index contributed by atoms with van der Waals surface area (Å²) in [4.78, 5) is 4.49. The van der Waals surface area contributed by atoms with Crippen molar-refractivity contribution in [3.63, 3.8) is 0 Å². The fourth-order valence-corrected chi connectivity index (χ4v) is 3.02. The standard InChI is InChI=1S/C20H29N2.3CH3.Hf/c1-14(2)16-10-9-11-17(15(3)4)20(16)22-19-13-8-6-7-12-18(19)21-5;;;;/h9-11,13-15H,6-8,12H2,1-5H3;3*1H3;/q4*-1;+4. The summed E-state index contributed by atoms with van der Waals surface area (Å²) in [5.41, 5.74) is 6.10. The Morgan fingerprint density at radius 3 is 1.92 bits per heavy atom. The van der Waals surface area contributed by atoms with Crippen LogP contribution in [0.15, 0.2) is 35.0 Å². The van der Waals surface area contributed by atoms with Gasteiger partial charge in [0.15, 0.2) is 0 Å². The zero-order chi connectivity index (χ0) is 16.1. The summed E-state index contributed by atoms with van der Waals surface area (Å²) in [5.74, 6) is 0.955. The first-order chi connectivity index (χ1) is 10.5. The molecule has 0 fully saturated rings. The van der Waals surface area contributed by atoms with Gasteiger partial charge in [0.1, 0.15) is 0 Å². The maximum Gasteiger partial charge on any atom is 4.00 e. The van der Waals surface area contributed by atoms with E-state index in [0.717, 1.165) is 24.3 Å². The Bertz CT molecular complexity index is 545. The van der Waals surface area contributed by atoms with E-state index in [1.807, 2.05) is 7.05 Å². The number of rotatable bonds is 4. The summed E-state index contributed by atoms with van der Waals surface area (Å²) in [7, 11) is 1.89. The second-order valence-corrected chi connectivity index (χ2v) is 6.71. The molecule has 3 heteroatoms. The van der Waals surface area contributed by atoms with E-state index >= 15 is 0 Å². The van der Waals surface area contributed by atoms with Gasteiger partial charge in [-0.15, -0.1) is 11.4 Å². The third-order valence-electron chi connectivity index (χ3n) is 4.35. The fourth-order valence-electron chi connectivity index (χ4n) is 3.02. The third-order valence-corrected chi connectivity index (χ3v) is 4.35. The van der Waals surface area contributed by atoms with E-state index in [1.54, 1.807) is 0 Å². The molecule has 2 nitrogen and oxygen atoms in total. The van der Waals surface area contributed by atoms with Crippen molar-refractivity contribution in [2.24, 2.45) is 4.99 Å². The minimum absolute atomic E-state index is 0. The van der Waals surface area contributed by atoms with Crippen molar-refractivity contribution >= 4 is 11.4 Å². The summed E-state index contributed by atoms with van der Waals surface area (Å²) in [6.07, 6.45) is 6.88. The van der Waals surface area contributed by atoms with Crippen molar-refractivity contribution in [2.75, 3.05) is 7.05 Å². The molecule has 1 aliphatic carbocycles. The molecule has 0 heterocycles. The minimum atomic E-state index is 0.